The summed E-state index contributed by atoms with van der Waals surface area (Å²) in [5, 5.41) is 0.502. The summed E-state index contributed by atoms with van der Waals surface area (Å²) >= 11 is 4.19. The van der Waals surface area contributed by atoms with Crippen LogP contribution in [0, 0.1) is 6.92 Å². The summed E-state index contributed by atoms with van der Waals surface area (Å²) in [7, 11) is 1.28. The number of nitrogen functional groups attached to an aromatic ring is 1. The maximum atomic E-state index is 12.5. The zero-order valence-electron chi connectivity index (χ0n) is 10.3. The van der Waals surface area contributed by atoms with Crippen molar-refractivity contribution in [2.75, 3.05) is 5.73 Å². The van der Waals surface area contributed by atoms with E-state index in [4.69, 9.17) is 5.73 Å². The molecule has 0 aromatic carbocycles. The predicted octanol–water partition coefficient (Wildman–Crippen LogP) is 1.95. The number of hydrogen-bond donors (Lipinski definition) is 2. The third-order valence-electron chi connectivity index (χ3n) is 2.75. The molecule has 2 N–H and O–H groups in total. The van der Waals surface area contributed by atoms with Crippen molar-refractivity contribution in [2.45, 2.75) is 25.6 Å². The summed E-state index contributed by atoms with van der Waals surface area (Å²) in [6, 6.07) is 1.68. The van der Waals surface area contributed by atoms with Crippen LogP contribution in [0.2, 0.25) is 0 Å². The number of anilines is 1. The number of rotatable bonds is 2. The van der Waals surface area contributed by atoms with Gasteiger partial charge in [0.2, 0.25) is 0 Å². The van der Waals surface area contributed by atoms with Crippen molar-refractivity contribution in [3.8, 4) is 0 Å². The molecule has 0 aliphatic heterocycles. The molecule has 2 rings (SSSR count). The molecule has 0 aliphatic rings. The first-order chi connectivity index (χ1) is 8.36. The van der Waals surface area contributed by atoms with Gasteiger partial charge < -0.3 is 5.73 Å². The highest BCUT2D eigenvalue weighted by Crippen LogP contribution is 2.31. The number of nitrogens with zero attached hydrogens (tertiary/aromatic N) is 3. The molecule has 0 unspecified atom stereocenters. The first kappa shape index (κ1) is 13.2. The van der Waals surface area contributed by atoms with Gasteiger partial charge in [0.15, 0.2) is 5.65 Å². The summed E-state index contributed by atoms with van der Waals surface area (Å²) in [6.07, 6.45) is 1.49. The predicted molar refractivity (Wildman–Crippen MR) is 78.8 cm³/mol. The van der Waals surface area contributed by atoms with E-state index in [1.807, 2.05) is 20.8 Å². The van der Waals surface area contributed by atoms with Crippen LogP contribution in [-0.2, 0) is 4.87 Å². The fraction of sp³-hybridized carbons (Fsp3) is 0.364. The summed E-state index contributed by atoms with van der Waals surface area (Å²) in [4.78, 5) is 20.3. The molecule has 2 heterocycles. The van der Waals surface area contributed by atoms with E-state index in [1.54, 1.807) is 10.6 Å². The minimum atomic E-state index is -0.477. The lowest BCUT2D eigenvalue weighted by Crippen LogP contribution is -2.33. The lowest BCUT2D eigenvalue weighted by atomic mass is 10.2. The molecular weight excluding hydrogens is 268 g/mol. The summed E-state index contributed by atoms with van der Waals surface area (Å²) in [5.74, 6) is 0.368. The second-order valence-corrected chi connectivity index (χ2v) is 6.25. The van der Waals surface area contributed by atoms with E-state index in [9.17, 15) is 4.79 Å². The van der Waals surface area contributed by atoms with Crippen LogP contribution in [-0.4, -0.2) is 14.5 Å². The molecule has 5 nitrogen and oxygen atoms in total. The van der Waals surface area contributed by atoms with E-state index < -0.39 is 4.87 Å². The number of pyridine rings is 1. The Kier molecular flexibility index (Phi) is 3.29. The monoisotopic (exact) mass is 282 g/mol. The molecule has 2 aromatic heterocycles. The third kappa shape index (κ3) is 2.08. The number of aryl methyl sites for hydroxylation is 1. The summed E-state index contributed by atoms with van der Waals surface area (Å²) in [5.41, 5.74) is 6.69. The second-order valence-electron chi connectivity index (χ2n) is 4.52. The molecule has 7 heteroatoms. The smallest absolute Gasteiger partial charge is 0.264 e. The standard InChI is InChI=1S/C11H14N4OS2/c1-6-4-7(12)14-9-8(6)10(16)15(5-13-9)11(2,3)18-17/h4-5,17H,1-3H3,(H2,12,14). The molecular formula is C11H14N4OS2. The van der Waals surface area contributed by atoms with Gasteiger partial charge in [-0.3, -0.25) is 9.36 Å². The largest absolute Gasteiger partial charge is 0.384 e. The Hall–Kier alpha value is -1.21. The Morgan fingerprint density at radius 1 is 1.50 bits per heavy atom. The Morgan fingerprint density at radius 2 is 2.17 bits per heavy atom. The zero-order chi connectivity index (χ0) is 13.5. The fourth-order valence-electron chi connectivity index (χ4n) is 1.75. The minimum Gasteiger partial charge on any atom is -0.384 e. The molecule has 18 heavy (non-hydrogen) atoms. The van der Waals surface area contributed by atoms with Crippen LogP contribution < -0.4 is 11.3 Å². The van der Waals surface area contributed by atoms with Gasteiger partial charge in [-0.1, -0.05) is 10.8 Å². The number of fused-ring (bicyclic) bond motifs is 1. The molecule has 0 aliphatic carbocycles. The number of nitrogens with two attached hydrogens (primary N) is 1. The minimum absolute atomic E-state index is 0.128. The molecule has 0 fully saturated rings. The Balaban J connectivity index is 2.84. The van der Waals surface area contributed by atoms with Crippen LogP contribution >= 0.6 is 22.5 Å². The van der Waals surface area contributed by atoms with Gasteiger partial charge in [0.25, 0.3) is 5.56 Å². The Labute approximate surface area is 114 Å². The van der Waals surface area contributed by atoms with Crippen molar-refractivity contribution in [3.63, 3.8) is 0 Å². The third-order valence-corrected chi connectivity index (χ3v) is 4.73. The molecule has 0 amide bonds. The van der Waals surface area contributed by atoms with Crippen LogP contribution in [0.3, 0.4) is 0 Å². The quantitative estimate of drug-likeness (QED) is 0.650. The van der Waals surface area contributed by atoms with Crippen LogP contribution in [0.4, 0.5) is 5.82 Å². The van der Waals surface area contributed by atoms with Gasteiger partial charge in [-0.2, -0.15) is 0 Å². The van der Waals surface area contributed by atoms with Crippen LogP contribution in [0.15, 0.2) is 17.2 Å². The van der Waals surface area contributed by atoms with E-state index in [0.29, 0.717) is 16.9 Å². The molecule has 2 aromatic rings. The molecule has 96 valence electrons. The highest BCUT2D eigenvalue weighted by Gasteiger charge is 2.22. The molecule has 0 bridgehead atoms. The number of thiol groups is 1. The van der Waals surface area contributed by atoms with E-state index in [0.717, 1.165) is 5.56 Å². The van der Waals surface area contributed by atoms with E-state index >= 15 is 0 Å². The van der Waals surface area contributed by atoms with E-state index in [2.05, 4.69) is 21.6 Å². The highest BCUT2D eigenvalue weighted by atomic mass is 33.1. The average molecular weight is 282 g/mol. The average Bonchev–Trinajstić information content (AvgIpc) is 2.27. The molecule has 0 saturated heterocycles. The number of aromatic nitrogens is 3. The van der Waals surface area contributed by atoms with Gasteiger partial charge >= 0.3 is 0 Å². The summed E-state index contributed by atoms with van der Waals surface area (Å²) < 4.78 is 1.55. The van der Waals surface area contributed by atoms with Gasteiger partial charge in [-0.15, -0.1) is 11.7 Å². The fourth-order valence-corrected chi connectivity index (χ4v) is 2.23. The number of hydrogen-bond acceptors (Lipinski definition) is 6. The van der Waals surface area contributed by atoms with Gasteiger partial charge in [0.1, 0.15) is 12.1 Å². The lowest BCUT2D eigenvalue weighted by molar-refractivity contribution is 0.517. The van der Waals surface area contributed by atoms with Crippen LogP contribution in [0.1, 0.15) is 19.4 Å². The molecule has 0 saturated carbocycles. The maximum absolute atomic E-state index is 12.5. The molecule has 0 spiro atoms. The molecule has 0 atom stereocenters. The van der Waals surface area contributed by atoms with E-state index in [-0.39, 0.29) is 5.56 Å². The first-order valence-corrected chi connectivity index (χ1v) is 7.21. The van der Waals surface area contributed by atoms with Crippen molar-refractivity contribution in [2.24, 2.45) is 0 Å². The zero-order valence-corrected chi connectivity index (χ0v) is 12.0. The normalized spacial score (nSPS) is 12.0. The SMILES string of the molecule is Cc1cc(N)nc2ncn(C(C)(C)SS)c(=O)c12. The molecule has 0 radical (unpaired) electrons. The first-order valence-electron chi connectivity index (χ1n) is 5.34. The highest BCUT2D eigenvalue weighted by molar-refractivity contribution is 8.68. The van der Waals surface area contributed by atoms with Gasteiger partial charge in [-0.25, -0.2) is 9.97 Å². The van der Waals surface area contributed by atoms with E-state index in [1.165, 1.54) is 17.1 Å². The van der Waals surface area contributed by atoms with Gasteiger partial charge in [-0.05, 0) is 32.4 Å². The van der Waals surface area contributed by atoms with Gasteiger partial charge in [0.05, 0.1) is 10.3 Å². The second kappa shape index (κ2) is 4.47. The lowest BCUT2D eigenvalue weighted by Gasteiger charge is -2.24. The summed E-state index contributed by atoms with van der Waals surface area (Å²) in [6.45, 7) is 5.63. The Bertz CT molecular complexity index is 666. The van der Waals surface area contributed by atoms with Crippen molar-refractivity contribution >= 4 is 39.3 Å². The van der Waals surface area contributed by atoms with Gasteiger partial charge in [0, 0.05) is 0 Å². The Morgan fingerprint density at radius 3 is 2.78 bits per heavy atom. The maximum Gasteiger partial charge on any atom is 0.264 e. The van der Waals surface area contributed by atoms with Crippen molar-refractivity contribution in [1.29, 1.82) is 0 Å². The van der Waals surface area contributed by atoms with Crippen LogP contribution in [0.25, 0.3) is 11.0 Å². The van der Waals surface area contributed by atoms with Crippen molar-refractivity contribution in [1.82, 2.24) is 14.5 Å². The van der Waals surface area contributed by atoms with Crippen molar-refractivity contribution in [3.05, 3.63) is 28.3 Å². The van der Waals surface area contributed by atoms with Crippen molar-refractivity contribution < 1.29 is 0 Å². The van der Waals surface area contributed by atoms with Crippen LogP contribution in [0.5, 0.6) is 0 Å². The topological polar surface area (TPSA) is 73.8 Å².